The van der Waals surface area contributed by atoms with Gasteiger partial charge in [0.05, 0.1) is 22.6 Å². The molecule has 0 saturated heterocycles. The standard InChI is InChI=1S/C10H8BrFO2/c1-5-4-14-10-7(9(5)13)2-6(12)3-8(10)11/h2-3,5H,4H2,1H3. The third-order valence-corrected chi connectivity index (χ3v) is 2.79. The molecular weight excluding hydrogens is 251 g/mol. The molecule has 0 amide bonds. The summed E-state index contributed by atoms with van der Waals surface area (Å²) in [7, 11) is 0. The van der Waals surface area contributed by atoms with E-state index in [9.17, 15) is 9.18 Å². The SMILES string of the molecule is CC1COc2c(Br)cc(F)cc2C1=O. The van der Waals surface area contributed by atoms with Gasteiger partial charge in [-0.3, -0.25) is 4.79 Å². The molecule has 0 N–H and O–H groups in total. The first-order chi connectivity index (χ1) is 6.59. The minimum Gasteiger partial charge on any atom is -0.491 e. The lowest BCUT2D eigenvalue weighted by Gasteiger charge is -2.22. The van der Waals surface area contributed by atoms with E-state index in [0.717, 1.165) is 0 Å². The van der Waals surface area contributed by atoms with E-state index in [1.54, 1.807) is 6.92 Å². The zero-order chi connectivity index (χ0) is 10.3. The maximum Gasteiger partial charge on any atom is 0.172 e. The summed E-state index contributed by atoms with van der Waals surface area (Å²) < 4.78 is 18.9. The Balaban J connectivity index is 2.60. The molecule has 1 aliphatic heterocycles. The molecule has 74 valence electrons. The Morgan fingerprint density at radius 2 is 2.29 bits per heavy atom. The van der Waals surface area contributed by atoms with Gasteiger partial charge in [0.1, 0.15) is 11.6 Å². The van der Waals surface area contributed by atoms with Crippen LogP contribution in [0.4, 0.5) is 4.39 Å². The second kappa shape index (κ2) is 3.35. The summed E-state index contributed by atoms with van der Waals surface area (Å²) in [5, 5.41) is 0. The van der Waals surface area contributed by atoms with Gasteiger partial charge in [-0.25, -0.2) is 4.39 Å². The number of hydrogen-bond acceptors (Lipinski definition) is 2. The van der Waals surface area contributed by atoms with Crippen LogP contribution in [0.3, 0.4) is 0 Å². The van der Waals surface area contributed by atoms with Gasteiger partial charge in [-0.05, 0) is 28.1 Å². The van der Waals surface area contributed by atoms with Gasteiger partial charge >= 0.3 is 0 Å². The zero-order valence-electron chi connectivity index (χ0n) is 7.51. The fourth-order valence-corrected chi connectivity index (χ4v) is 1.99. The summed E-state index contributed by atoms with van der Waals surface area (Å²) in [4.78, 5) is 11.7. The van der Waals surface area contributed by atoms with Gasteiger partial charge in [-0.1, -0.05) is 6.92 Å². The molecule has 1 aromatic rings. The Bertz CT molecular complexity index is 403. The second-order valence-corrected chi connectivity index (χ2v) is 4.19. The highest BCUT2D eigenvalue weighted by atomic mass is 79.9. The highest BCUT2D eigenvalue weighted by Gasteiger charge is 2.27. The lowest BCUT2D eigenvalue weighted by molar-refractivity contribution is 0.0847. The van der Waals surface area contributed by atoms with Crippen molar-refractivity contribution in [3.05, 3.63) is 28.0 Å². The Kier molecular flexibility index (Phi) is 2.31. The molecule has 0 spiro atoms. The van der Waals surface area contributed by atoms with Crippen molar-refractivity contribution in [3.63, 3.8) is 0 Å². The first kappa shape index (κ1) is 9.65. The van der Waals surface area contributed by atoms with Crippen LogP contribution in [0.1, 0.15) is 17.3 Å². The molecule has 1 unspecified atom stereocenters. The fraction of sp³-hybridized carbons (Fsp3) is 0.300. The van der Waals surface area contributed by atoms with Crippen LogP contribution in [-0.4, -0.2) is 12.4 Å². The van der Waals surface area contributed by atoms with Gasteiger partial charge in [0.25, 0.3) is 0 Å². The number of fused-ring (bicyclic) bond motifs is 1. The third-order valence-electron chi connectivity index (χ3n) is 2.20. The predicted octanol–water partition coefficient (Wildman–Crippen LogP) is 2.80. The van der Waals surface area contributed by atoms with Crippen LogP contribution in [0.25, 0.3) is 0 Å². The first-order valence-electron chi connectivity index (χ1n) is 4.25. The molecule has 2 rings (SSSR count). The highest BCUT2D eigenvalue weighted by Crippen LogP contribution is 2.35. The van der Waals surface area contributed by atoms with Crippen LogP contribution in [0.15, 0.2) is 16.6 Å². The molecule has 1 aliphatic rings. The van der Waals surface area contributed by atoms with Crippen molar-refractivity contribution in [3.8, 4) is 5.75 Å². The number of ether oxygens (including phenoxy) is 1. The molecule has 0 fully saturated rings. The van der Waals surface area contributed by atoms with Crippen molar-refractivity contribution < 1.29 is 13.9 Å². The number of hydrogen-bond donors (Lipinski definition) is 0. The number of carbonyl (C=O) groups is 1. The average Bonchev–Trinajstić information content (AvgIpc) is 2.12. The van der Waals surface area contributed by atoms with E-state index in [0.29, 0.717) is 22.4 Å². The Hall–Kier alpha value is -0.900. The summed E-state index contributed by atoms with van der Waals surface area (Å²) in [6.45, 7) is 2.13. The molecule has 1 atom stereocenters. The quantitative estimate of drug-likeness (QED) is 0.716. The number of benzene rings is 1. The molecule has 0 bridgehead atoms. The van der Waals surface area contributed by atoms with E-state index in [1.165, 1.54) is 12.1 Å². The van der Waals surface area contributed by atoms with Crippen LogP contribution < -0.4 is 4.74 Å². The number of halogens is 2. The molecule has 2 nitrogen and oxygen atoms in total. The van der Waals surface area contributed by atoms with Gasteiger partial charge in [-0.15, -0.1) is 0 Å². The summed E-state index contributed by atoms with van der Waals surface area (Å²) >= 11 is 3.16. The van der Waals surface area contributed by atoms with Gasteiger partial charge in [0.15, 0.2) is 5.78 Å². The molecular formula is C10H8BrFO2. The van der Waals surface area contributed by atoms with Crippen molar-refractivity contribution in [2.45, 2.75) is 6.92 Å². The van der Waals surface area contributed by atoms with Crippen molar-refractivity contribution in [1.82, 2.24) is 0 Å². The van der Waals surface area contributed by atoms with E-state index in [4.69, 9.17) is 4.74 Å². The van der Waals surface area contributed by atoms with E-state index in [-0.39, 0.29) is 11.7 Å². The average molecular weight is 259 g/mol. The molecule has 0 aliphatic carbocycles. The lowest BCUT2D eigenvalue weighted by Crippen LogP contribution is -2.25. The topological polar surface area (TPSA) is 26.3 Å². The number of Topliss-reactive ketones (excluding diaryl/α,β-unsaturated/α-hetero) is 1. The molecule has 1 aromatic carbocycles. The number of carbonyl (C=O) groups excluding carboxylic acids is 1. The van der Waals surface area contributed by atoms with Crippen molar-refractivity contribution in [2.24, 2.45) is 5.92 Å². The van der Waals surface area contributed by atoms with E-state index >= 15 is 0 Å². The normalized spacial score (nSPS) is 20.2. The van der Waals surface area contributed by atoms with Crippen molar-refractivity contribution in [2.75, 3.05) is 6.61 Å². The van der Waals surface area contributed by atoms with Crippen LogP contribution in [-0.2, 0) is 0 Å². The molecule has 1 heterocycles. The fourth-order valence-electron chi connectivity index (χ4n) is 1.44. The molecule has 4 heteroatoms. The Morgan fingerprint density at radius 3 is 3.00 bits per heavy atom. The molecule has 0 saturated carbocycles. The highest BCUT2D eigenvalue weighted by molar-refractivity contribution is 9.10. The van der Waals surface area contributed by atoms with Crippen LogP contribution in [0.2, 0.25) is 0 Å². The molecule has 0 radical (unpaired) electrons. The Morgan fingerprint density at radius 1 is 1.57 bits per heavy atom. The summed E-state index contributed by atoms with van der Waals surface area (Å²) in [6, 6.07) is 2.51. The first-order valence-corrected chi connectivity index (χ1v) is 5.05. The van der Waals surface area contributed by atoms with Crippen molar-refractivity contribution >= 4 is 21.7 Å². The summed E-state index contributed by atoms with van der Waals surface area (Å²) in [5.41, 5.74) is 0.329. The second-order valence-electron chi connectivity index (χ2n) is 3.34. The summed E-state index contributed by atoms with van der Waals surface area (Å²) in [6.07, 6.45) is 0. The monoisotopic (exact) mass is 258 g/mol. The lowest BCUT2D eigenvalue weighted by atomic mass is 9.97. The van der Waals surface area contributed by atoms with Crippen LogP contribution >= 0.6 is 15.9 Å². The van der Waals surface area contributed by atoms with E-state index in [2.05, 4.69) is 15.9 Å². The third kappa shape index (κ3) is 1.43. The van der Waals surface area contributed by atoms with Gasteiger partial charge in [-0.2, -0.15) is 0 Å². The minimum atomic E-state index is -0.429. The predicted molar refractivity (Wildman–Crippen MR) is 53.1 cm³/mol. The smallest absolute Gasteiger partial charge is 0.172 e. The minimum absolute atomic E-state index is 0.0635. The maximum atomic E-state index is 13.0. The van der Waals surface area contributed by atoms with Crippen LogP contribution in [0, 0.1) is 11.7 Å². The zero-order valence-corrected chi connectivity index (χ0v) is 9.10. The molecule has 14 heavy (non-hydrogen) atoms. The molecule has 0 aromatic heterocycles. The largest absolute Gasteiger partial charge is 0.491 e. The van der Waals surface area contributed by atoms with E-state index in [1.807, 2.05) is 0 Å². The number of rotatable bonds is 0. The maximum absolute atomic E-state index is 13.0. The van der Waals surface area contributed by atoms with Gasteiger partial charge in [0.2, 0.25) is 0 Å². The van der Waals surface area contributed by atoms with E-state index < -0.39 is 5.82 Å². The Labute approximate surface area is 89.2 Å². The number of ketones is 1. The van der Waals surface area contributed by atoms with Crippen molar-refractivity contribution in [1.29, 1.82) is 0 Å². The van der Waals surface area contributed by atoms with Gasteiger partial charge in [0, 0.05) is 0 Å². The summed E-state index contributed by atoms with van der Waals surface area (Å²) in [5.74, 6) is -0.237. The van der Waals surface area contributed by atoms with Crippen LogP contribution in [0.5, 0.6) is 5.75 Å². The van der Waals surface area contributed by atoms with Gasteiger partial charge < -0.3 is 4.74 Å².